The van der Waals surface area contributed by atoms with E-state index in [9.17, 15) is 0 Å². The van der Waals surface area contributed by atoms with Crippen molar-refractivity contribution in [2.24, 2.45) is 0 Å². The van der Waals surface area contributed by atoms with E-state index in [4.69, 9.17) is 5.73 Å². The second-order valence-corrected chi connectivity index (χ2v) is 5.46. The van der Waals surface area contributed by atoms with Gasteiger partial charge in [0.2, 0.25) is 0 Å². The Kier molecular flexibility index (Phi) is 5.25. The van der Waals surface area contributed by atoms with Crippen LogP contribution in [0.2, 0.25) is 0 Å². The van der Waals surface area contributed by atoms with Crippen molar-refractivity contribution < 1.29 is 0 Å². The molecule has 0 spiro atoms. The lowest BCUT2D eigenvalue weighted by Crippen LogP contribution is -2.19. The summed E-state index contributed by atoms with van der Waals surface area (Å²) in [6, 6.07) is 0.399. The van der Waals surface area contributed by atoms with E-state index < -0.39 is 0 Å². The summed E-state index contributed by atoms with van der Waals surface area (Å²) in [7, 11) is 0. The maximum absolute atomic E-state index is 5.84. The van der Waals surface area contributed by atoms with E-state index in [2.05, 4.69) is 40.1 Å². The molecule has 3 nitrogen and oxygen atoms in total. The summed E-state index contributed by atoms with van der Waals surface area (Å²) in [5, 5.41) is 3.38. The molecule has 0 saturated heterocycles. The molecule has 5 heteroatoms. The van der Waals surface area contributed by atoms with Crippen molar-refractivity contribution >= 4 is 39.1 Å². The smallest absolute Gasteiger partial charge is 0.0752 e. The molecule has 0 aliphatic rings. The van der Waals surface area contributed by atoms with E-state index in [0.717, 1.165) is 21.7 Å². The van der Waals surface area contributed by atoms with Gasteiger partial charge in [-0.25, -0.2) is 0 Å². The van der Waals surface area contributed by atoms with Gasteiger partial charge < -0.3 is 11.1 Å². The Morgan fingerprint density at radius 3 is 2.93 bits per heavy atom. The molecule has 1 rings (SSSR count). The SMILES string of the molecule is CCSCC(C)Nc1c(N)cncc1Br. The van der Waals surface area contributed by atoms with Crippen LogP contribution in [-0.2, 0) is 0 Å². The number of thioether (sulfide) groups is 1. The van der Waals surface area contributed by atoms with Crippen LogP contribution < -0.4 is 11.1 Å². The van der Waals surface area contributed by atoms with Crippen LogP contribution >= 0.6 is 27.7 Å². The molecule has 1 aromatic heterocycles. The Bertz CT molecular complexity index is 299. The van der Waals surface area contributed by atoms with E-state index in [1.54, 1.807) is 12.4 Å². The molecule has 84 valence electrons. The fourth-order valence-electron chi connectivity index (χ4n) is 1.18. The number of anilines is 2. The lowest BCUT2D eigenvalue weighted by atomic mass is 10.3. The van der Waals surface area contributed by atoms with Gasteiger partial charge in [-0.3, -0.25) is 4.98 Å². The van der Waals surface area contributed by atoms with Gasteiger partial charge in [-0.1, -0.05) is 6.92 Å². The number of hydrogen-bond acceptors (Lipinski definition) is 4. The summed E-state index contributed by atoms with van der Waals surface area (Å²) in [5.41, 5.74) is 7.45. The van der Waals surface area contributed by atoms with E-state index in [0.29, 0.717) is 11.7 Å². The van der Waals surface area contributed by atoms with Gasteiger partial charge >= 0.3 is 0 Å². The minimum absolute atomic E-state index is 0.399. The van der Waals surface area contributed by atoms with Crippen molar-refractivity contribution in [1.82, 2.24) is 4.98 Å². The Labute approximate surface area is 103 Å². The zero-order valence-corrected chi connectivity index (χ0v) is 11.4. The van der Waals surface area contributed by atoms with Crippen molar-refractivity contribution in [2.75, 3.05) is 22.6 Å². The second-order valence-electron chi connectivity index (χ2n) is 3.29. The third kappa shape index (κ3) is 3.91. The number of nitrogens with two attached hydrogens (primary N) is 1. The van der Waals surface area contributed by atoms with Crippen LogP contribution in [0, 0.1) is 0 Å². The molecule has 15 heavy (non-hydrogen) atoms. The highest BCUT2D eigenvalue weighted by Crippen LogP contribution is 2.27. The summed E-state index contributed by atoms with van der Waals surface area (Å²) in [6.45, 7) is 4.31. The molecule has 1 heterocycles. The number of rotatable bonds is 5. The maximum Gasteiger partial charge on any atom is 0.0752 e. The van der Waals surface area contributed by atoms with Gasteiger partial charge in [0.25, 0.3) is 0 Å². The number of nitrogens with one attached hydrogen (secondary N) is 1. The summed E-state index contributed by atoms with van der Waals surface area (Å²) < 4.78 is 0.913. The zero-order valence-electron chi connectivity index (χ0n) is 8.96. The Morgan fingerprint density at radius 2 is 2.33 bits per heavy atom. The monoisotopic (exact) mass is 289 g/mol. The summed E-state index contributed by atoms with van der Waals surface area (Å²) in [4.78, 5) is 4.00. The Balaban J connectivity index is 2.63. The molecule has 1 atom stereocenters. The highest BCUT2D eigenvalue weighted by Gasteiger charge is 2.08. The van der Waals surface area contributed by atoms with Crippen LogP contribution in [-0.4, -0.2) is 22.5 Å². The van der Waals surface area contributed by atoms with Crippen molar-refractivity contribution in [2.45, 2.75) is 19.9 Å². The summed E-state index contributed by atoms with van der Waals surface area (Å²) in [6.07, 6.45) is 3.41. The van der Waals surface area contributed by atoms with Crippen molar-refractivity contribution in [3.63, 3.8) is 0 Å². The molecule has 0 saturated carbocycles. The van der Waals surface area contributed by atoms with Crippen LogP contribution in [0.15, 0.2) is 16.9 Å². The normalized spacial score (nSPS) is 12.5. The van der Waals surface area contributed by atoms with Gasteiger partial charge in [-0.15, -0.1) is 0 Å². The first kappa shape index (κ1) is 12.6. The predicted molar refractivity (Wildman–Crippen MR) is 72.4 cm³/mol. The number of nitrogens with zero attached hydrogens (tertiary/aromatic N) is 1. The third-order valence-corrected chi connectivity index (χ3v) is 3.64. The highest BCUT2D eigenvalue weighted by atomic mass is 79.9. The van der Waals surface area contributed by atoms with E-state index in [1.807, 2.05) is 11.8 Å². The van der Waals surface area contributed by atoms with Gasteiger partial charge in [0.05, 0.1) is 22.0 Å². The fraction of sp³-hybridized carbons (Fsp3) is 0.500. The number of halogens is 1. The average Bonchev–Trinajstić information content (AvgIpc) is 2.21. The second kappa shape index (κ2) is 6.23. The molecule has 1 unspecified atom stereocenters. The molecule has 0 aromatic carbocycles. The van der Waals surface area contributed by atoms with E-state index in [1.165, 1.54) is 0 Å². The third-order valence-electron chi connectivity index (χ3n) is 1.89. The first-order chi connectivity index (χ1) is 7.15. The van der Waals surface area contributed by atoms with Crippen LogP contribution in [0.4, 0.5) is 11.4 Å². The van der Waals surface area contributed by atoms with Crippen molar-refractivity contribution in [3.8, 4) is 0 Å². The lowest BCUT2D eigenvalue weighted by Gasteiger charge is -2.17. The lowest BCUT2D eigenvalue weighted by molar-refractivity contribution is 0.911. The van der Waals surface area contributed by atoms with Gasteiger partial charge in [0, 0.05) is 18.0 Å². The van der Waals surface area contributed by atoms with Gasteiger partial charge in [-0.05, 0) is 28.6 Å². The van der Waals surface area contributed by atoms with Crippen LogP contribution in [0.3, 0.4) is 0 Å². The maximum atomic E-state index is 5.84. The van der Waals surface area contributed by atoms with Gasteiger partial charge in [0.1, 0.15) is 0 Å². The molecular formula is C10H16BrN3S. The van der Waals surface area contributed by atoms with Crippen LogP contribution in [0.25, 0.3) is 0 Å². The molecule has 0 bridgehead atoms. The Hall–Kier alpha value is -0.420. The zero-order chi connectivity index (χ0) is 11.3. The standard InChI is InChI=1S/C10H16BrN3S/c1-3-15-6-7(2)14-10-8(11)4-13-5-9(10)12/h4-5,7H,3,6,12H2,1-2H3,(H,13,14). The number of pyridine rings is 1. The van der Waals surface area contributed by atoms with Gasteiger partial charge in [-0.2, -0.15) is 11.8 Å². The fourth-order valence-corrected chi connectivity index (χ4v) is 2.32. The molecule has 0 radical (unpaired) electrons. The quantitative estimate of drug-likeness (QED) is 0.875. The van der Waals surface area contributed by atoms with Crippen molar-refractivity contribution in [1.29, 1.82) is 0 Å². The minimum atomic E-state index is 0.399. The van der Waals surface area contributed by atoms with E-state index >= 15 is 0 Å². The van der Waals surface area contributed by atoms with Crippen molar-refractivity contribution in [3.05, 3.63) is 16.9 Å². The van der Waals surface area contributed by atoms with Gasteiger partial charge in [0.15, 0.2) is 0 Å². The molecular weight excluding hydrogens is 274 g/mol. The average molecular weight is 290 g/mol. The highest BCUT2D eigenvalue weighted by molar-refractivity contribution is 9.10. The molecule has 3 N–H and O–H groups in total. The minimum Gasteiger partial charge on any atom is -0.396 e. The largest absolute Gasteiger partial charge is 0.396 e. The predicted octanol–water partition coefficient (Wildman–Crippen LogP) is 2.98. The molecule has 0 amide bonds. The van der Waals surface area contributed by atoms with Crippen LogP contribution in [0.5, 0.6) is 0 Å². The first-order valence-corrected chi connectivity index (χ1v) is 6.83. The molecule has 0 fully saturated rings. The number of aromatic nitrogens is 1. The van der Waals surface area contributed by atoms with E-state index in [-0.39, 0.29) is 0 Å². The molecule has 1 aromatic rings. The first-order valence-electron chi connectivity index (χ1n) is 4.88. The number of nitrogen functional groups attached to an aromatic ring is 1. The summed E-state index contributed by atoms with van der Waals surface area (Å²) in [5.74, 6) is 2.21. The topological polar surface area (TPSA) is 50.9 Å². The van der Waals surface area contributed by atoms with Crippen LogP contribution in [0.1, 0.15) is 13.8 Å². The molecule has 0 aliphatic carbocycles. The summed E-state index contributed by atoms with van der Waals surface area (Å²) >= 11 is 5.34. The molecule has 0 aliphatic heterocycles. The Morgan fingerprint density at radius 1 is 1.60 bits per heavy atom. The number of hydrogen-bond donors (Lipinski definition) is 2.